The first-order chi connectivity index (χ1) is 9.92. The summed E-state index contributed by atoms with van der Waals surface area (Å²) >= 11 is 1.77. The molecule has 0 amide bonds. The van der Waals surface area contributed by atoms with Crippen LogP contribution >= 0.6 is 11.8 Å². The molecule has 0 spiro atoms. The van der Waals surface area contributed by atoms with E-state index in [2.05, 4.69) is 44.5 Å². The van der Waals surface area contributed by atoms with Crippen molar-refractivity contribution >= 4 is 17.6 Å². The van der Waals surface area contributed by atoms with Crippen LogP contribution in [0.3, 0.4) is 0 Å². The Bertz CT molecular complexity index is 541. The number of hydrogen-bond donors (Lipinski definition) is 1. The van der Waals surface area contributed by atoms with E-state index in [0.29, 0.717) is 0 Å². The third-order valence-electron chi connectivity index (χ3n) is 3.24. The number of nitrogens with zero attached hydrogens (tertiary/aromatic N) is 3. The summed E-state index contributed by atoms with van der Waals surface area (Å²) in [6.07, 6.45) is 1.87. The largest absolute Gasteiger partial charge is 0.354 e. The Kier molecular flexibility index (Phi) is 4.50. The standard InChI is InChI=1S/C15H18N4S/c1-2-4-13(5-3-1)20-12-14-17-7-6-15(18-14)19-10-8-16-9-11-19/h1-7,16H,8-12H2. The SMILES string of the molecule is c1ccc(SCc2nccc(N3CCNCC3)n2)cc1. The highest BCUT2D eigenvalue weighted by Gasteiger charge is 2.12. The molecule has 1 aromatic carbocycles. The summed E-state index contributed by atoms with van der Waals surface area (Å²) in [7, 11) is 0. The first-order valence-corrected chi connectivity index (χ1v) is 7.86. The number of rotatable bonds is 4. The molecule has 0 bridgehead atoms. The van der Waals surface area contributed by atoms with Gasteiger partial charge in [0, 0.05) is 37.3 Å². The molecule has 0 unspecified atom stereocenters. The van der Waals surface area contributed by atoms with E-state index in [-0.39, 0.29) is 0 Å². The lowest BCUT2D eigenvalue weighted by molar-refractivity contribution is 0.584. The number of thioether (sulfide) groups is 1. The second-order valence-corrected chi connectivity index (χ2v) is 5.72. The van der Waals surface area contributed by atoms with E-state index >= 15 is 0 Å². The number of hydrogen-bond acceptors (Lipinski definition) is 5. The predicted octanol–water partition coefficient (Wildman–Crippen LogP) is 2.18. The molecule has 2 heterocycles. The van der Waals surface area contributed by atoms with E-state index < -0.39 is 0 Å². The van der Waals surface area contributed by atoms with Crippen molar-refractivity contribution in [1.29, 1.82) is 0 Å². The van der Waals surface area contributed by atoms with Crippen molar-refractivity contribution in [2.75, 3.05) is 31.1 Å². The van der Waals surface area contributed by atoms with Gasteiger partial charge in [-0.1, -0.05) is 18.2 Å². The Morgan fingerprint density at radius 3 is 2.70 bits per heavy atom. The van der Waals surface area contributed by atoms with Gasteiger partial charge in [0.1, 0.15) is 11.6 Å². The van der Waals surface area contributed by atoms with E-state index in [1.54, 1.807) is 11.8 Å². The van der Waals surface area contributed by atoms with E-state index in [4.69, 9.17) is 0 Å². The summed E-state index contributed by atoms with van der Waals surface area (Å²) < 4.78 is 0. The summed E-state index contributed by atoms with van der Waals surface area (Å²) in [6, 6.07) is 12.4. The van der Waals surface area contributed by atoms with Crippen LogP contribution in [0.15, 0.2) is 47.5 Å². The van der Waals surface area contributed by atoms with Gasteiger partial charge in [0.15, 0.2) is 0 Å². The zero-order valence-electron chi connectivity index (χ0n) is 11.3. The van der Waals surface area contributed by atoms with Crippen molar-refractivity contribution in [3.63, 3.8) is 0 Å². The lowest BCUT2D eigenvalue weighted by Gasteiger charge is -2.28. The van der Waals surface area contributed by atoms with Crippen LogP contribution in [-0.2, 0) is 5.75 Å². The molecule has 1 aliphatic heterocycles. The molecule has 104 valence electrons. The smallest absolute Gasteiger partial charge is 0.140 e. The fraction of sp³-hybridized carbons (Fsp3) is 0.333. The summed E-state index contributed by atoms with van der Waals surface area (Å²) in [5, 5.41) is 3.36. The number of piperazine rings is 1. The molecular weight excluding hydrogens is 268 g/mol. The lowest BCUT2D eigenvalue weighted by atomic mass is 10.3. The molecule has 0 radical (unpaired) electrons. The van der Waals surface area contributed by atoms with Crippen molar-refractivity contribution in [3.05, 3.63) is 48.4 Å². The van der Waals surface area contributed by atoms with E-state index in [0.717, 1.165) is 43.6 Å². The van der Waals surface area contributed by atoms with Gasteiger partial charge < -0.3 is 10.2 Å². The normalized spacial score (nSPS) is 15.3. The summed E-state index contributed by atoms with van der Waals surface area (Å²) in [5.41, 5.74) is 0. The van der Waals surface area contributed by atoms with Gasteiger partial charge in [0.2, 0.25) is 0 Å². The Labute approximate surface area is 123 Å². The van der Waals surface area contributed by atoms with Crippen molar-refractivity contribution < 1.29 is 0 Å². The van der Waals surface area contributed by atoms with Gasteiger partial charge in [0.05, 0.1) is 5.75 Å². The minimum absolute atomic E-state index is 0.809. The van der Waals surface area contributed by atoms with Crippen LogP contribution in [0.4, 0.5) is 5.82 Å². The highest BCUT2D eigenvalue weighted by molar-refractivity contribution is 7.98. The Hall–Kier alpha value is -1.59. The van der Waals surface area contributed by atoms with Gasteiger partial charge in [0.25, 0.3) is 0 Å². The predicted molar refractivity (Wildman–Crippen MR) is 83.1 cm³/mol. The molecule has 0 atom stereocenters. The molecule has 1 aromatic heterocycles. The molecule has 0 saturated carbocycles. The van der Waals surface area contributed by atoms with Gasteiger partial charge in [-0.2, -0.15) is 0 Å². The Balaban J connectivity index is 1.65. The number of anilines is 1. The summed E-state index contributed by atoms with van der Waals surface area (Å²) in [4.78, 5) is 12.6. The number of nitrogens with one attached hydrogen (secondary N) is 1. The van der Waals surface area contributed by atoms with Gasteiger partial charge in [-0.25, -0.2) is 9.97 Å². The van der Waals surface area contributed by atoms with E-state index in [1.165, 1.54) is 4.90 Å². The molecule has 1 N–H and O–H groups in total. The highest BCUT2D eigenvalue weighted by Crippen LogP contribution is 2.21. The van der Waals surface area contributed by atoms with Crippen molar-refractivity contribution in [2.45, 2.75) is 10.6 Å². The highest BCUT2D eigenvalue weighted by atomic mass is 32.2. The van der Waals surface area contributed by atoms with Crippen LogP contribution in [0, 0.1) is 0 Å². The topological polar surface area (TPSA) is 41.1 Å². The van der Waals surface area contributed by atoms with E-state index in [9.17, 15) is 0 Å². The minimum Gasteiger partial charge on any atom is -0.354 e. The molecule has 5 heteroatoms. The van der Waals surface area contributed by atoms with Crippen molar-refractivity contribution in [3.8, 4) is 0 Å². The fourth-order valence-corrected chi connectivity index (χ4v) is 2.98. The third-order valence-corrected chi connectivity index (χ3v) is 4.25. The molecule has 4 nitrogen and oxygen atoms in total. The maximum Gasteiger partial charge on any atom is 0.140 e. The molecule has 20 heavy (non-hydrogen) atoms. The fourth-order valence-electron chi connectivity index (χ4n) is 2.19. The van der Waals surface area contributed by atoms with Gasteiger partial charge >= 0.3 is 0 Å². The van der Waals surface area contributed by atoms with E-state index in [1.807, 2.05) is 18.3 Å². The van der Waals surface area contributed by atoms with Crippen LogP contribution in [0.2, 0.25) is 0 Å². The first-order valence-electron chi connectivity index (χ1n) is 6.87. The quantitative estimate of drug-likeness (QED) is 0.873. The van der Waals surface area contributed by atoms with Crippen LogP contribution in [-0.4, -0.2) is 36.1 Å². The van der Waals surface area contributed by atoms with Crippen LogP contribution in [0.1, 0.15) is 5.82 Å². The van der Waals surface area contributed by atoms with Crippen LogP contribution in [0.25, 0.3) is 0 Å². The molecule has 0 aliphatic carbocycles. The van der Waals surface area contributed by atoms with Gasteiger partial charge in [-0.3, -0.25) is 0 Å². The van der Waals surface area contributed by atoms with Gasteiger partial charge in [-0.15, -0.1) is 11.8 Å². The molecule has 1 saturated heterocycles. The van der Waals surface area contributed by atoms with Crippen LogP contribution in [0.5, 0.6) is 0 Å². The molecular formula is C15H18N4S. The van der Waals surface area contributed by atoms with Crippen molar-refractivity contribution in [1.82, 2.24) is 15.3 Å². The van der Waals surface area contributed by atoms with Gasteiger partial charge in [-0.05, 0) is 18.2 Å². The Morgan fingerprint density at radius 2 is 1.90 bits per heavy atom. The first kappa shape index (κ1) is 13.4. The maximum atomic E-state index is 4.68. The summed E-state index contributed by atoms with van der Waals surface area (Å²) in [6.45, 7) is 4.08. The maximum absolute atomic E-state index is 4.68. The molecule has 3 rings (SSSR count). The number of benzene rings is 1. The van der Waals surface area contributed by atoms with Crippen molar-refractivity contribution in [2.24, 2.45) is 0 Å². The second kappa shape index (κ2) is 6.72. The van der Waals surface area contributed by atoms with Crippen LogP contribution < -0.4 is 10.2 Å². The third kappa shape index (κ3) is 3.49. The molecule has 1 aliphatic rings. The summed E-state index contributed by atoms with van der Waals surface area (Å²) in [5.74, 6) is 2.75. The zero-order chi connectivity index (χ0) is 13.6. The average Bonchev–Trinajstić information content (AvgIpc) is 2.55. The minimum atomic E-state index is 0.809. The second-order valence-electron chi connectivity index (χ2n) is 4.67. The number of aromatic nitrogens is 2. The monoisotopic (exact) mass is 286 g/mol. The average molecular weight is 286 g/mol. The molecule has 2 aromatic rings. The zero-order valence-corrected chi connectivity index (χ0v) is 12.1. The Morgan fingerprint density at radius 1 is 1.10 bits per heavy atom. The molecule has 1 fully saturated rings. The lowest BCUT2D eigenvalue weighted by Crippen LogP contribution is -2.44.